The second-order valence-electron chi connectivity index (χ2n) is 3.79. The van der Waals surface area contributed by atoms with Gasteiger partial charge in [-0.05, 0) is 26.9 Å². The van der Waals surface area contributed by atoms with Crippen LogP contribution in [0.4, 0.5) is 0 Å². The molecule has 0 bridgehead atoms. The first-order valence-electron chi connectivity index (χ1n) is 5.59. The van der Waals surface area contributed by atoms with Crippen LogP contribution in [0.25, 0.3) is 0 Å². The van der Waals surface area contributed by atoms with E-state index in [4.69, 9.17) is 4.74 Å². The number of nitrogens with one attached hydrogen (secondary N) is 1. The Hall–Kier alpha value is -0.120. The number of nitrogens with zero attached hydrogens (tertiary/aromatic N) is 1. The average molecular weight is 202 g/mol. The highest BCUT2D eigenvalue weighted by atomic mass is 16.5. The van der Waals surface area contributed by atoms with E-state index in [2.05, 4.69) is 31.0 Å². The summed E-state index contributed by atoms with van der Waals surface area (Å²) in [6.45, 7) is 9.68. The highest BCUT2D eigenvalue weighted by Crippen LogP contribution is 2.04. The van der Waals surface area contributed by atoms with Gasteiger partial charge in [0.1, 0.15) is 0 Å². The summed E-state index contributed by atoms with van der Waals surface area (Å²) >= 11 is 0. The molecule has 0 rings (SSSR count). The van der Waals surface area contributed by atoms with E-state index < -0.39 is 0 Å². The summed E-state index contributed by atoms with van der Waals surface area (Å²) in [7, 11) is 3.75. The van der Waals surface area contributed by atoms with Gasteiger partial charge in [0.05, 0.1) is 6.61 Å². The van der Waals surface area contributed by atoms with E-state index in [9.17, 15) is 0 Å². The highest BCUT2D eigenvalue weighted by molar-refractivity contribution is 4.73. The van der Waals surface area contributed by atoms with Crippen LogP contribution in [0.2, 0.25) is 0 Å². The van der Waals surface area contributed by atoms with E-state index in [0.717, 1.165) is 19.7 Å². The lowest BCUT2D eigenvalue weighted by Crippen LogP contribution is -2.45. The molecule has 1 N–H and O–H groups in total. The summed E-state index contributed by atoms with van der Waals surface area (Å²) in [5.41, 5.74) is 0. The molecule has 3 nitrogen and oxygen atoms in total. The molecule has 0 saturated heterocycles. The molecule has 0 spiro atoms. The van der Waals surface area contributed by atoms with Crippen molar-refractivity contribution < 1.29 is 4.74 Å². The molecule has 86 valence electrons. The van der Waals surface area contributed by atoms with Gasteiger partial charge in [0.2, 0.25) is 0 Å². The summed E-state index contributed by atoms with van der Waals surface area (Å²) in [6.07, 6.45) is 1.21. The van der Waals surface area contributed by atoms with E-state index >= 15 is 0 Å². The molecule has 0 aromatic carbocycles. The van der Waals surface area contributed by atoms with Crippen molar-refractivity contribution in [1.82, 2.24) is 10.2 Å². The third kappa shape index (κ3) is 4.94. The van der Waals surface area contributed by atoms with Gasteiger partial charge in [0, 0.05) is 25.7 Å². The van der Waals surface area contributed by atoms with E-state index in [-0.39, 0.29) is 0 Å². The van der Waals surface area contributed by atoms with Crippen LogP contribution in [0.3, 0.4) is 0 Å². The van der Waals surface area contributed by atoms with Crippen molar-refractivity contribution in [2.45, 2.75) is 39.3 Å². The molecule has 0 heterocycles. The number of hydrogen-bond acceptors (Lipinski definition) is 3. The lowest BCUT2D eigenvalue weighted by molar-refractivity contribution is 0.127. The lowest BCUT2D eigenvalue weighted by atomic mass is 10.2. The monoisotopic (exact) mass is 202 g/mol. The van der Waals surface area contributed by atoms with E-state index in [1.807, 2.05) is 7.05 Å². The number of methoxy groups -OCH3 is 1. The Balaban J connectivity index is 3.99. The zero-order chi connectivity index (χ0) is 11.0. The smallest absolute Gasteiger partial charge is 0.0628 e. The normalized spacial score (nSPS) is 15.9. The molecule has 0 aliphatic heterocycles. The van der Waals surface area contributed by atoms with E-state index in [1.165, 1.54) is 6.42 Å². The van der Waals surface area contributed by atoms with Crippen LogP contribution in [0.15, 0.2) is 0 Å². The molecule has 14 heavy (non-hydrogen) atoms. The average Bonchev–Trinajstić information content (AvgIpc) is 2.23. The van der Waals surface area contributed by atoms with Crippen molar-refractivity contribution in [3.05, 3.63) is 0 Å². The minimum atomic E-state index is 0.439. The first kappa shape index (κ1) is 13.9. The van der Waals surface area contributed by atoms with Crippen molar-refractivity contribution in [3.8, 4) is 0 Å². The number of rotatable bonds is 8. The quantitative estimate of drug-likeness (QED) is 0.643. The van der Waals surface area contributed by atoms with Crippen LogP contribution < -0.4 is 5.32 Å². The van der Waals surface area contributed by atoms with Crippen LogP contribution in [0, 0.1) is 0 Å². The van der Waals surface area contributed by atoms with Gasteiger partial charge in [-0.3, -0.25) is 4.90 Å². The van der Waals surface area contributed by atoms with Crippen LogP contribution in [-0.2, 0) is 4.74 Å². The maximum atomic E-state index is 5.16. The summed E-state index contributed by atoms with van der Waals surface area (Å²) < 4.78 is 5.16. The van der Waals surface area contributed by atoms with Crippen molar-refractivity contribution in [2.75, 3.05) is 33.9 Å². The molecule has 2 atom stereocenters. The molecule has 0 radical (unpaired) electrons. The maximum absolute atomic E-state index is 5.16. The van der Waals surface area contributed by atoms with Gasteiger partial charge in [0.25, 0.3) is 0 Å². The Bertz CT molecular complexity index is 130. The summed E-state index contributed by atoms with van der Waals surface area (Å²) in [6, 6.07) is 1.10. The van der Waals surface area contributed by atoms with Gasteiger partial charge in [0.15, 0.2) is 0 Å². The SMILES string of the molecule is CCC(C)N(CC)CC(COC)NC. The summed E-state index contributed by atoms with van der Waals surface area (Å²) in [5.74, 6) is 0. The molecule has 0 amide bonds. The fraction of sp³-hybridized carbons (Fsp3) is 1.00. The Morgan fingerprint density at radius 3 is 2.36 bits per heavy atom. The van der Waals surface area contributed by atoms with Gasteiger partial charge >= 0.3 is 0 Å². The lowest BCUT2D eigenvalue weighted by Gasteiger charge is -2.30. The van der Waals surface area contributed by atoms with Crippen LogP contribution >= 0.6 is 0 Å². The van der Waals surface area contributed by atoms with Gasteiger partial charge in [-0.2, -0.15) is 0 Å². The molecule has 0 aliphatic carbocycles. The van der Waals surface area contributed by atoms with Gasteiger partial charge in [-0.1, -0.05) is 13.8 Å². The standard InChI is InChI=1S/C11H26N2O/c1-6-10(3)13(7-2)8-11(12-4)9-14-5/h10-12H,6-9H2,1-5H3. The fourth-order valence-electron chi connectivity index (χ4n) is 1.59. The Morgan fingerprint density at radius 2 is 2.00 bits per heavy atom. The molecule has 0 saturated carbocycles. The number of ether oxygens (including phenoxy) is 1. The molecule has 2 unspecified atom stereocenters. The van der Waals surface area contributed by atoms with Crippen molar-refractivity contribution >= 4 is 0 Å². The molecule has 0 aromatic heterocycles. The van der Waals surface area contributed by atoms with Gasteiger partial charge < -0.3 is 10.1 Å². The molecule has 3 heteroatoms. The minimum absolute atomic E-state index is 0.439. The molecular weight excluding hydrogens is 176 g/mol. The second kappa shape index (κ2) is 8.21. The Kier molecular flexibility index (Phi) is 8.14. The fourth-order valence-corrected chi connectivity index (χ4v) is 1.59. The third-order valence-corrected chi connectivity index (χ3v) is 2.85. The molecular formula is C11H26N2O. The highest BCUT2D eigenvalue weighted by Gasteiger charge is 2.14. The zero-order valence-corrected chi connectivity index (χ0v) is 10.3. The topological polar surface area (TPSA) is 24.5 Å². The number of hydrogen-bond donors (Lipinski definition) is 1. The largest absolute Gasteiger partial charge is 0.383 e. The van der Waals surface area contributed by atoms with Crippen molar-refractivity contribution in [1.29, 1.82) is 0 Å². The first-order chi connectivity index (χ1) is 6.69. The Labute approximate surface area is 88.8 Å². The van der Waals surface area contributed by atoms with E-state index in [0.29, 0.717) is 12.1 Å². The van der Waals surface area contributed by atoms with Crippen LogP contribution in [0.5, 0.6) is 0 Å². The van der Waals surface area contributed by atoms with Crippen molar-refractivity contribution in [3.63, 3.8) is 0 Å². The summed E-state index contributed by atoms with van der Waals surface area (Å²) in [5, 5.41) is 3.28. The van der Waals surface area contributed by atoms with Gasteiger partial charge in [-0.25, -0.2) is 0 Å². The van der Waals surface area contributed by atoms with Crippen LogP contribution in [0.1, 0.15) is 27.2 Å². The Morgan fingerprint density at radius 1 is 1.36 bits per heavy atom. The third-order valence-electron chi connectivity index (χ3n) is 2.85. The van der Waals surface area contributed by atoms with E-state index in [1.54, 1.807) is 7.11 Å². The minimum Gasteiger partial charge on any atom is -0.383 e. The number of likely N-dealkylation sites (N-methyl/N-ethyl adjacent to an activating group) is 2. The molecule has 0 aliphatic rings. The second-order valence-corrected chi connectivity index (χ2v) is 3.79. The van der Waals surface area contributed by atoms with Crippen LogP contribution in [-0.4, -0.2) is 50.8 Å². The predicted molar refractivity (Wildman–Crippen MR) is 61.7 cm³/mol. The predicted octanol–water partition coefficient (Wildman–Crippen LogP) is 1.34. The first-order valence-corrected chi connectivity index (χ1v) is 5.59. The zero-order valence-electron chi connectivity index (χ0n) is 10.3. The van der Waals surface area contributed by atoms with Crippen molar-refractivity contribution in [2.24, 2.45) is 0 Å². The molecule has 0 fully saturated rings. The van der Waals surface area contributed by atoms with Gasteiger partial charge in [-0.15, -0.1) is 0 Å². The maximum Gasteiger partial charge on any atom is 0.0628 e. The molecule has 0 aromatic rings. The summed E-state index contributed by atoms with van der Waals surface area (Å²) in [4.78, 5) is 2.49.